The van der Waals surface area contributed by atoms with Crippen molar-refractivity contribution in [2.45, 2.75) is 32.2 Å². The van der Waals surface area contributed by atoms with E-state index in [4.69, 9.17) is 0 Å². The number of carbonyl (C=O) groups excluding carboxylic acids is 4. The van der Waals surface area contributed by atoms with Crippen molar-refractivity contribution in [3.8, 4) is 0 Å². The first-order chi connectivity index (χ1) is 11.4. The Bertz CT molecular complexity index is 676. The number of imide groups is 1. The molecule has 0 unspecified atom stereocenters. The maximum absolute atomic E-state index is 12.2. The van der Waals surface area contributed by atoms with E-state index in [9.17, 15) is 19.2 Å². The number of carbonyl (C=O) groups is 4. The molecule has 0 bridgehead atoms. The second kappa shape index (κ2) is 6.43. The normalized spacial score (nSPS) is 17.9. The lowest BCUT2D eigenvalue weighted by Gasteiger charge is -2.43. The minimum atomic E-state index is -0.168. The predicted octanol–water partition coefficient (Wildman–Crippen LogP) is 0.547. The lowest BCUT2D eigenvalue weighted by molar-refractivity contribution is -0.151. The zero-order chi connectivity index (χ0) is 17.3. The van der Waals surface area contributed by atoms with Crippen molar-refractivity contribution in [1.82, 2.24) is 9.80 Å². The quantitative estimate of drug-likeness (QED) is 0.817. The SMILES string of the molecule is CC(=O)Nc1ccc(CC(=O)N2CC(N3C(=O)CCC3=O)C2)cc1. The molecule has 2 fully saturated rings. The summed E-state index contributed by atoms with van der Waals surface area (Å²) >= 11 is 0. The minimum Gasteiger partial charge on any atom is -0.338 e. The number of benzene rings is 1. The third-order valence-corrected chi connectivity index (χ3v) is 4.30. The largest absolute Gasteiger partial charge is 0.338 e. The van der Waals surface area contributed by atoms with Crippen LogP contribution in [0.2, 0.25) is 0 Å². The second-order valence-corrected chi connectivity index (χ2v) is 6.16. The van der Waals surface area contributed by atoms with E-state index in [1.807, 2.05) is 0 Å². The maximum atomic E-state index is 12.2. The lowest BCUT2D eigenvalue weighted by Crippen LogP contribution is -2.62. The van der Waals surface area contributed by atoms with Gasteiger partial charge in [0.05, 0.1) is 12.5 Å². The highest BCUT2D eigenvalue weighted by molar-refractivity contribution is 6.02. The molecule has 0 aliphatic carbocycles. The monoisotopic (exact) mass is 329 g/mol. The number of hydrogen-bond donors (Lipinski definition) is 1. The molecule has 1 aromatic rings. The number of rotatable bonds is 4. The van der Waals surface area contributed by atoms with Crippen molar-refractivity contribution in [3.05, 3.63) is 29.8 Å². The Morgan fingerprint density at radius 1 is 1.08 bits per heavy atom. The van der Waals surface area contributed by atoms with Gasteiger partial charge in [-0.2, -0.15) is 0 Å². The Morgan fingerprint density at radius 2 is 1.67 bits per heavy atom. The predicted molar refractivity (Wildman–Crippen MR) is 85.9 cm³/mol. The third kappa shape index (κ3) is 3.29. The molecule has 2 aliphatic rings. The second-order valence-electron chi connectivity index (χ2n) is 6.16. The van der Waals surface area contributed by atoms with Crippen LogP contribution < -0.4 is 5.32 Å². The molecule has 7 heteroatoms. The highest BCUT2D eigenvalue weighted by Crippen LogP contribution is 2.23. The van der Waals surface area contributed by atoms with Crippen molar-refractivity contribution >= 4 is 29.3 Å². The van der Waals surface area contributed by atoms with E-state index in [0.29, 0.717) is 18.8 Å². The van der Waals surface area contributed by atoms with Gasteiger partial charge in [0.25, 0.3) is 0 Å². The number of nitrogens with one attached hydrogen (secondary N) is 1. The van der Waals surface area contributed by atoms with E-state index in [2.05, 4.69) is 5.32 Å². The van der Waals surface area contributed by atoms with Crippen LogP contribution in [-0.2, 0) is 25.6 Å². The Hall–Kier alpha value is -2.70. The fourth-order valence-corrected chi connectivity index (χ4v) is 3.02. The van der Waals surface area contributed by atoms with Crippen molar-refractivity contribution in [3.63, 3.8) is 0 Å². The van der Waals surface area contributed by atoms with E-state index in [1.54, 1.807) is 29.2 Å². The minimum absolute atomic E-state index is 0.0300. The van der Waals surface area contributed by atoms with Crippen LogP contribution in [0.15, 0.2) is 24.3 Å². The maximum Gasteiger partial charge on any atom is 0.230 e. The summed E-state index contributed by atoms with van der Waals surface area (Å²) in [6.45, 7) is 2.27. The number of likely N-dealkylation sites (tertiary alicyclic amines) is 2. The molecule has 1 N–H and O–H groups in total. The first-order valence-electron chi connectivity index (χ1n) is 7.93. The molecule has 1 aromatic carbocycles. The molecule has 0 aromatic heterocycles. The molecule has 4 amide bonds. The number of nitrogens with zero attached hydrogens (tertiary/aromatic N) is 2. The van der Waals surface area contributed by atoms with Gasteiger partial charge in [0, 0.05) is 38.5 Å². The fraction of sp³-hybridized carbons (Fsp3) is 0.412. The molecule has 0 radical (unpaired) electrons. The van der Waals surface area contributed by atoms with Gasteiger partial charge in [0.15, 0.2) is 0 Å². The number of amides is 4. The van der Waals surface area contributed by atoms with Crippen LogP contribution in [0.5, 0.6) is 0 Å². The summed E-state index contributed by atoms with van der Waals surface area (Å²) in [6.07, 6.45) is 0.822. The van der Waals surface area contributed by atoms with Crippen LogP contribution in [0.3, 0.4) is 0 Å². The standard InChI is InChI=1S/C17H19N3O4/c1-11(21)18-13-4-2-12(3-5-13)8-17(24)19-9-14(10-19)20-15(22)6-7-16(20)23/h2-5,14H,6-10H2,1H3,(H,18,21). The van der Waals surface area contributed by atoms with Gasteiger partial charge in [-0.1, -0.05) is 12.1 Å². The van der Waals surface area contributed by atoms with Gasteiger partial charge in [0.1, 0.15) is 0 Å². The Labute approximate surface area is 139 Å². The van der Waals surface area contributed by atoms with Crippen molar-refractivity contribution in [2.24, 2.45) is 0 Å². The molecule has 2 heterocycles. The van der Waals surface area contributed by atoms with Gasteiger partial charge < -0.3 is 10.2 Å². The number of hydrogen-bond acceptors (Lipinski definition) is 4. The van der Waals surface area contributed by atoms with E-state index in [1.165, 1.54) is 11.8 Å². The van der Waals surface area contributed by atoms with Crippen molar-refractivity contribution in [1.29, 1.82) is 0 Å². The summed E-state index contributed by atoms with van der Waals surface area (Å²) in [7, 11) is 0. The molecule has 0 saturated carbocycles. The highest BCUT2D eigenvalue weighted by atomic mass is 16.2. The van der Waals surface area contributed by atoms with Gasteiger partial charge >= 0.3 is 0 Å². The zero-order valence-corrected chi connectivity index (χ0v) is 13.4. The summed E-state index contributed by atoms with van der Waals surface area (Å²) in [5.74, 6) is -0.439. The molecular weight excluding hydrogens is 310 g/mol. The summed E-state index contributed by atoms with van der Waals surface area (Å²) in [4.78, 5) is 49.5. The van der Waals surface area contributed by atoms with Crippen LogP contribution >= 0.6 is 0 Å². The first kappa shape index (κ1) is 16.2. The van der Waals surface area contributed by atoms with E-state index < -0.39 is 0 Å². The average molecular weight is 329 g/mol. The molecule has 0 spiro atoms. The highest BCUT2D eigenvalue weighted by Gasteiger charge is 2.42. The smallest absolute Gasteiger partial charge is 0.230 e. The van der Waals surface area contributed by atoms with Gasteiger partial charge in [-0.25, -0.2) is 0 Å². The number of anilines is 1. The molecule has 0 atom stereocenters. The van der Waals surface area contributed by atoms with Crippen LogP contribution in [0.1, 0.15) is 25.3 Å². The molecule has 24 heavy (non-hydrogen) atoms. The Balaban J connectivity index is 1.51. The molecule has 2 aliphatic heterocycles. The average Bonchev–Trinajstić information content (AvgIpc) is 2.79. The Morgan fingerprint density at radius 3 is 2.21 bits per heavy atom. The first-order valence-corrected chi connectivity index (χ1v) is 7.93. The van der Waals surface area contributed by atoms with Crippen LogP contribution in [0.25, 0.3) is 0 Å². The summed E-state index contributed by atoms with van der Waals surface area (Å²) in [5, 5.41) is 2.67. The van der Waals surface area contributed by atoms with E-state index >= 15 is 0 Å². The topological polar surface area (TPSA) is 86.8 Å². The molecule has 3 rings (SSSR count). The van der Waals surface area contributed by atoms with E-state index in [-0.39, 0.29) is 48.9 Å². The third-order valence-electron chi connectivity index (χ3n) is 4.30. The van der Waals surface area contributed by atoms with Crippen molar-refractivity contribution in [2.75, 3.05) is 18.4 Å². The zero-order valence-electron chi connectivity index (χ0n) is 13.4. The Kier molecular flexibility index (Phi) is 4.33. The van der Waals surface area contributed by atoms with Gasteiger partial charge in [-0.3, -0.25) is 24.1 Å². The molecule has 126 valence electrons. The van der Waals surface area contributed by atoms with Crippen LogP contribution in [-0.4, -0.2) is 52.6 Å². The molecular formula is C17H19N3O4. The van der Waals surface area contributed by atoms with E-state index in [0.717, 1.165) is 5.56 Å². The van der Waals surface area contributed by atoms with Gasteiger partial charge in [-0.15, -0.1) is 0 Å². The summed E-state index contributed by atoms with van der Waals surface area (Å²) in [5.41, 5.74) is 1.54. The lowest BCUT2D eigenvalue weighted by atomic mass is 10.0. The molecule has 7 nitrogen and oxygen atoms in total. The van der Waals surface area contributed by atoms with Crippen LogP contribution in [0.4, 0.5) is 5.69 Å². The molecule has 2 saturated heterocycles. The van der Waals surface area contributed by atoms with Crippen molar-refractivity contribution < 1.29 is 19.2 Å². The van der Waals surface area contributed by atoms with Crippen LogP contribution in [0, 0.1) is 0 Å². The van der Waals surface area contributed by atoms with Gasteiger partial charge in [0.2, 0.25) is 23.6 Å². The van der Waals surface area contributed by atoms with Gasteiger partial charge in [-0.05, 0) is 17.7 Å². The fourth-order valence-electron chi connectivity index (χ4n) is 3.02. The summed E-state index contributed by atoms with van der Waals surface area (Å²) in [6, 6.07) is 6.94. The summed E-state index contributed by atoms with van der Waals surface area (Å²) < 4.78 is 0.